The van der Waals surface area contributed by atoms with Crippen LogP contribution in [0, 0.1) is 0 Å². The van der Waals surface area contributed by atoms with Crippen LogP contribution in [0.3, 0.4) is 0 Å². The third-order valence-electron chi connectivity index (χ3n) is 4.01. The van der Waals surface area contributed by atoms with E-state index in [2.05, 4.69) is 24.3 Å². The highest BCUT2D eigenvalue weighted by Crippen LogP contribution is 2.24. The number of nitrogens with two attached hydrogens (primary N) is 1. The number of hydrogen-bond acceptors (Lipinski definition) is 3. The van der Waals surface area contributed by atoms with Crippen molar-refractivity contribution in [2.24, 2.45) is 5.73 Å². The monoisotopic (exact) mass is 367 g/mol. The molecule has 0 atom stereocenters. The van der Waals surface area contributed by atoms with Gasteiger partial charge in [-0.05, 0) is 60.0 Å². The molecule has 0 saturated heterocycles. The molecule has 0 heterocycles. The fourth-order valence-electron chi connectivity index (χ4n) is 2.73. The summed E-state index contributed by atoms with van der Waals surface area (Å²) in [5.74, 6) is 1.63. The molecule has 3 rings (SSSR count). The zero-order valence-electron chi connectivity index (χ0n) is 14.5. The van der Waals surface area contributed by atoms with Gasteiger partial charge in [-0.2, -0.15) is 0 Å². The third-order valence-corrected chi connectivity index (χ3v) is 4.24. The lowest BCUT2D eigenvalue weighted by molar-refractivity contribution is 0.216. The Bertz CT molecular complexity index is 819. The molecule has 0 saturated carbocycles. The van der Waals surface area contributed by atoms with Gasteiger partial charge in [-0.1, -0.05) is 54.1 Å². The van der Waals surface area contributed by atoms with E-state index in [1.807, 2.05) is 48.5 Å². The molecule has 0 amide bonds. The van der Waals surface area contributed by atoms with Crippen molar-refractivity contribution in [3.63, 3.8) is 0 Å². The number of rotatable bonds is 8. The lowest BCUT2D eigenvalue weighted by Crippen LogP contribution is -2.11. The standard InChI is InChI=1S/C22H22ClNO2/c23-20-8-11-22(19(16-20)12-13-24)26-15-14-25-21-9-6-18(7-10-21)17-4-2-1-3-5-17/h1-11,16H,12-15,24H2. The number of hydrogen-bond donors (Lipinski definition) is 1. The molecule has 3 nitrogen and oxygen atoms in total. The molecule has 26 heavy (non-hydrogen) atoms. The summed E-state index contributed by atoms with van der Waals surface area (Å²) >= 11 is 6.03. The average molecular weight is 368 g/mol. The van der Waals surface area contributed by atoms with Crippen molar-refractivity contribution in [3.8, 4) is 22.6 Å². The van der Waals surface area contributed by atoms with Gasteiger partial charge in [0.1, 0.15) is 24.7 Å². The maximum atomic E-state index is 6.03. The Morgan fingerprint density at radius 3 is 2.19 bits per heavy atom. The summed E-state index contributed by atoms with van der Waals surface area (Å²) < 4.78 is 11.6. The minimum Gasteiger partial charge on any atom is -0.490 e. The normalized spacial score (nSPS) is 10.5. The SMILES string of the molecule is NCCc1cc(Cl)ccc1OCCOc1ccc(-c2ccccc2)cc1. The van der Waals surface area contributed by atoms with Crippen LogP contribution in [-0.4, -0.2) is 19.8 Å². The smallest absolute Gasteiger partial charge is 0.122 e. The van der Waals surface area contributed by atoms with E-state index in [9.17, 15) is 0 Å². The highest BCUT2D eigenvalue weighted by atomic mass is 35.5. The Morgan fingerprint density at radius 2 is 1.46 bits per heavy atom. The molecule has 0 aliphatic heterocycles. The third kappa shape index (κ3) is 5.01. The fraction of sp³-hybridized carbons (Fsp3) is 0.182. The van der Waals surface area contributed by atoms with Gasteiger partial charge in [0.05, 0.1) is 0 Å². The fourth-order valence-corrected chi connectivity index (χ4v) is 2.92. The van der Waals surface area contributed by atoms with Crippen LogP contribution in [0.2, 0.25) is 5.02 Å². The number of benzene rings is 3. The molecule has 0 aliphatic carbocycles. The van der Waals surface area contributed by atoms with Crippen LogP contribution in [0.1, 0.15) is 5.56 Å². The summed E-state index contributed by atoms with van der Waals surface area (Å²) in [6, 6.07) is 23.9. The van der Waals surface area contributed by atoms with Crippen molar-refractivity contribution < 1.29 is 9.47 Å². The van der Waals surface area contributed by atoms with E-state index in [0.717, 1.165) is 23.5 Å². The second-order valence-electron chi connectivity index (χ2n) is 5.88. The number of halogens is 1. The summed E-state index contributed by atoms with van der Waals surface area (Å²) in [4.78, 5) is 0. The van der Waals surface area contributed by atoms with Crippen molar-refractivity contribution in [1.82, 2.24) is 0 Å². The molecule has 3 aromatic carbocycles. The van der Waals surface area contributed by atoms with Gasteiger partial charge in [-0.15, -0.1) is 0 Å². The predicted octanol–water partition coefficient (Wildman–Crippen LogP) is 4.97. The van der Waals surface area contributed by atoms with Crippen molar-refractivity contribution in [2.45, 2.75) is 6.42 Å². The molecule has 0 spiro atoms. The lowest BCUT2D eigenvalue weighted by Gasteiger charge is -2.12. The Labute approximate surface area is 159 Å². The molecular formula is C22H22ClNO2. The van der Waals surface area contributed by atoms with Crippen LogP contribution in [0.4, 0.5) is 0 Å². The largest absolute Gasteiger partial charge is 0.490 e. The van der Waals surface area contributed by atoms with Gasteiger partial charge in [-0.3, -0.25) is 0 Å². The molecule has 2 N–H and O–H groups in total. The Hall–Kier alpha value is -2.49. The minimum absolute atomic E-state index is 0.458. The van der Waals surface area contributed by atoms with Gasteiger partial charge in [-0.25, -0.2) is 0 Å². The van der Waals surface area contributed by atoms with Crippen LogP contribution in [-0.2, 0) is 6.42 Å². The van der Waals surface area contributed by atoms with Crippen molar-refractivity contribution in [1.29, 1.82) is 0 Å². The van der Waals surface area contributed by atoms with E-state index in [1.54, 1.807) is 0 Å². The topological polar surface area (TPSA) is 44.5 Å². The first-order valence-electron chi connectivity index (χ1n) is 8.66. The zero-order valence-corrected chi connectivity index (χ0v) is 15.3. The van der Waals surface area contributed by atoms with Gasteiger partial charge < -0.3 is 15.2 Å². The van der Waals surface area contributed by atoms with Crippen LogP contribution in [0.5, 0.6) is 11.5 Å². The van der Waals surface area contributed by atoms with Crippen LogP contribution in [0.25, 0.3) is 11.1 Å². The quantitative estimate of drug-likeness (QED) is 0.572. The van der Waals surface area contributed by atoms with Gasteiger partial charge in [0.2, 0.25) is 0 Å². The van der Waals surface area contributed by atoms with E-state index in [0.29, 0.717) is 24.8 Å². The molecule has 0 unspecified atom stereocenters. The molecule has 0 bridgehead atoms. The Balaban J connectivity index is 1.51. The second kappa shape index (κ2) is 9.27. The minimum atomic E-state index is 0.458. The molecule has 134 valence electrons. The highest BCUT2D eigenvalue weighted by molar-refractivity contribution is 6.30. The zero-order chi connectivity index (χ0) is 18.2. The van der Waals surface area contributed by atoms with Crippen LogP contribution in [0.15, 0.2) is 72.8 Å². The summed E-state index contributed by atoms with van der Waals surface area (Å²) in [6.07, 6.45) is 0.734. The molecule has 4 heteroatoms. The van der Waals surface area contributed by atoms with E-state index in [-0.39, 0.29) is 0 Å². The van der Waals surface area contributed by atoms with Gasteiger partial charge >= 0.3 is 0 Å². The van der Waals surface area contributed by atoms with Crippen molar-refractivity contribution in [3.05, 3.63) is 83.4 Å². The average Bonchev–Trinajstić information content (AvgIpc) is 2.68. The Kier molecular flexibility index (Phi) is 6.53. The van der Waals surface area contributed by atoms with Crippen LogP contribution < -0.4 is 15.2 Å². The first-order valence-corrected chi connectivity index (χ1v) is 9.03. The Morgan fingerprint density at radius 1 is 0.769 bits per heavy atom. The lowest BCUT2D eigenvalue weighted by atomic mass is 10.1. The maximum absolute atomic E-state index is 6.03. The van der Waals surface area contributed by atoms with E-state index in [4.69, 9.17) is 26.8 Å². The van der Waals surface area contributed by atoms with Gasteiger partial charge in [0.15, 0.2) is 0 Å². The molecule has 0 fully saturated rings. The van der Waals surface area contributed by atoms with E-state index in [1.165, 1.54) is 11.1 Å². The molecule has 3 aromatic rings. The second-order valence-corrected chi connectivity index (χ2v) is 6.31. The first-order chi connectivity index (χ1) is 12.8. The highest BCUT2D eigenvalue weighted by Gasteiger charge is 2.05. The molecular weight excluding hydrogens is 346 g/mol. The number of ether oxygens (including phenoxy) is 2. The van der Waals surface area contributed by atoms with Crippen molar-refractivity contribution >= 4 is 11.6 Å². The van der Waals surface area contributed by atoms with Crippen molar-refractivity contribution in [2.75, 3.05) is 19.8 Å². The molecule has 0 radical (unpaired) electrons. The summed E-state index contributed by atoms with van der Waals surface area (Å²) in [6.45, 7) is 1.48. The molecule has 0 aliphatic rings. The predicted molar refractivity (Wildman–Crippen MR) is 107 cm³/mol. The maximum Gasteiger partial charge on any atom is 0.122 e. The summed E-state index contributed by atoms with van der Waals surface area (Å²) in [5.41, 5.74) is 9.02. The molecule has 0 aromatic heterocycles. The summed E-state index contributed by atoms with van der Waals surface area (Å²) in [5, 5.41) is 0.690. The van der Waals surface area contributed by atoms with E-state index < -0.39 is 0 Å². The summed E-state index contributed by atoms with van der Waals surface area (Å²) in [7, 11) is 0. The van der Waals surface area contributed by atoms with Gasteiger partial charge in [0.25, 0.3) is 0 Å². The van der Waals surface area contributed by atoms with E-state index >= 15 is 0 Å². The first kappa shape index (κ1) is 18.3. The van der Waals surface area contributed by atoms with Crippen LogP contribution >= 0.6 is 11.6 Å². The van der Waals surface area contributed by atoms with Gasteiger partial charge in [0, 0.05) is 5.02 Å².